The second-order valence-corrected chi connectivity index (χ2v) is 7.20. The van der Waals surface area contributed by atoms with E-state index in [9.17, 15) is 20.0 Å². The molecule has 0 spiro atoms. The van der Waals surface area contributed by atoms with Crippen LogP contribution < -0.4 is 10.1 Å². The van der Waals surface area contributed by atoms with E-state index in [0.29, 0.717) is 22.4 Å². The number of ketones is 1. The van der Waals surface area contributed by atoms with E-state index in [1.165, 1.54) is 13.0 Å². The molecule has 2 aromatic rings. The summed E-state index contributed by atoms with van der Waals surface area (Å²) in [6, 6.07) is 11.0. The summed E-state index contributed by atoms with van der Waals surface area (Å²) in [5.74, 6) is 0.491. The van der Waals surface area contributed by atoms with Gasteiger partial charge < -0.3 is 15.2 Å². The lowest BCUT2D eigenvalue weighted by atomic mass is 9.85. The van der Waals surface area contributed by atoms with Gasteiger partial charge in [-0.05, 0) is 39.0 Å². The molecule has 3 rings (SSSR count). The van der Waals surface area contributed by atoms with Crippen molar-refractivity contribution in [3.8, 4) is 5.75 Å². The molecule has 7 nitrogen and oxygen atoms in total. The van der Waals surface area contributed by atoms with Gasteiger partial charge in [-0.25, -0.2) is 0 Å². The third kappa shape index (κ3) is 3.70. The molecular formula is C20H22N2O5. The Morgan fingerprint density at radius 1 is 1.30 bits per heavy atom. The van der Waals surface area contributed by atoms with Crippen LogP contribution in [0.2, 0.25) is 0 Å². The minimum Gasteiger partial charge on any atom is -0.485 e. The zero-order chi connectivity index (χ0) is 19.8. The third-order valence-electron chi connectivity index (χ3n) is 4.85. The monoisotopic (exact) mass is 370 g/mol. The van der Waals surface area contributed by atoms with Crippen LogP contribution in [0, 0.1) is 10.1 Å². The van der Waals surface area contributed by atoms with E-state index in [0.717, 1.165) is 0 Å². The fraction of sp³-hybridized carbons (Fsp3) is 0.350. The molecule has 2 N–H and O–H groups in total. The molecule has 2 atom stereocenters. The number of aliphatic hydroxyl groups is 1. The zero-order valence-corrected chi connectivity index (χ0v) is 15.4. The number of hydrogen-bond donors (Lipinski definition) is 2. The summed E-state index contributed by atoms with van der Waals surface area (Å²) in [7, 11) is 0. The molecular weight excluding hydrogens is 348 g/mol. The summed E-state index contributed by atoms with van der Waals surface area (Å²) < 4.78 is 5.90. The molecule has 1 aliphatic rings. The predicted molar refractivity (Wildman–Crippen MR) is 99.8 cm³/mol. The number of nitro benzene ring substituents is 1. The number of ether oxygens (including phenoxy) is 1. The molecule has 0 bridgehead atoms. The zero-order valence-electron chi connectivity index (χ0n) is 15.4. The van der Waals surface area contributed by atoms with E-state index in [2.05, 4.69) is 5.32 Å². The van der Waals surface area contributed by atoms with Crippen LogP contribution >= 0.6 is 0 Å². The number of nitrogens with zero attached hydrogens (tertiary/aromatic N) is 1. The van der Waals surface area contributed by atoms with Crippen LogP contribution in [0.3, 0.4) is 0 Å². The Balaban J connectivity index is 1.95. The fourth-order valence-corrected chi connectivity index (χ4v) is 3.30. The summed E-state index contributed by atoms with van der Waals surface area (Å²) in [4.78, 5) is 22.5. The molecule has 0 saturated carbocycles. The molecule has 7 heteroatoms. The van der Waals surface area contributed by atoms with E-state index in [-0.39, 0.29) is 18.0 Å². The van der Waals surface area contributed by atoms with Gasteiger partial charge in [-0.3, -0.25) is 14.9 Å². The van der Waals surface area contributed by atoms with E-state index < -0.39 is 22.7 Å². The highest BCUT2D eigenvalue weighted by Gasteiger charge is 2.43. The molecule has 2 aromatic carbocycles. The van der Waals surface area contributed by atoms with Gasteiger partial charge in [0.1, 0.15) is 17.5 Å². The average Bonchev–Trinajstić information content (AvgIpc) is 2.61. The van der Waals surface area contributed by atoms with Crippen molar-refractivity contribution in [1.29, 1.82) is 0 Å². The van der Waals surface area contributed by atoms with Crippen molar-refractivity contribution < 1.29 is 19.6 Å². The topological polar surface area (TPSA) is 102 Å². The standard InChI is InChI=1S/C20H22N2O5/c1-12(23)13-8-9-17-15(10-13)18(19(24)20(2,3)27-17)21-11-14-6-4-5-7-16(14)22(25)26/h4-10,18-19,21,24H,11H2,1-3H3/t18-,19-/m0/s1. The Labute approximate surface area is 157 Å². The summed E-state index contributed by atoms with van der Waals surface area (Å²) >= 11 is 0. The minimum atomic E-state index is -0.907. The number of hydrogen-bond acceptors (Lipinski definition) is 6. The summed E-state index contributed by atoms with van der Waals surface area (Å²) in [6.07, 6.45) is -0.907. The molecule has 0 aromatic heterocycles. The van der Waals surface area contributed by atoms with Crippen LogP contribution in [0.5, 0.6) is 5.75 Å². The quantitative estimate of drug-likeness (QED) is 0.476. The first-order chi connectivity index (χ1) is 12.7. The molecule has 0 fully saturated rings. The SMILES string of the molecule is CC(=O)c1ccc2c(c1)[C@H](NCc1ccccc1[N+](=O)[O-])[C@H](O)C(C)(C)O2. The molecule has 27 heavy (non-hydrogen) atoms. The Morgan fingerprint density at radius 3 is 2.67 bits per heavy atom. The van der Waals surface area contributed by atoms with Crippen molar-refractivity contribution in [2.75, 3.05) is 0 Å². The van der Waals surface area contributed by atoms with Gasteiger partial charge in [0.2, 0.25) is 0 Å². The van der Waals surface area contributed by atoms with Crippen LogP contribution in [0.25, 0.3) is 0 Å². The van der Waals surface area contributed by atoms with E-state index in [1.807, 2.05) is 0 Å². The molecule has 0 radical (unpaired) electrons. The maximum atomic E-state index is 11.7. The number of benzene rings is 2. The first-order valence-corrected chi connectivity index (χ1v) is 8.68. The number of rotatable bonds is 5. The largest absolute Gasteiger partial charge is 0.485 e. The predicted octanol–water partition coefficient (Wildman–Crippen LogP) is 3.16. The van der Waals surface area contributed by atoms with Gasteiger partial charge in [0.25, 0.3) is 5.69 Å². The molecule has 0 amide bonds. The van der Waals surface area contributed by atoms with Crippen LogP contribution in [0.4, 0.5) is 5.69 Å². The maximum Gasteiger partial charge on any atom is 0.273 e. The molecule has 0 aliphatic carbocycles. The number of Topliss-reactive ketones (excluding diaryl/α,β-unsaturated/α-hetero) is 1. The van der Waals surface area contributed by atoms with Gasteiger partial charge in [0.05, 0.1) is 11.0 Å². The van der Waals surface area contributed by atoms with Gasteiger partial charge in [-0.15, -0.1) is 0 Å². The van der Waals surface area contributed by atoms with Gasteiger partial charge in [0.15, 0.2) is 5.78 Å². The number of nitro groups is 1. The lowest BCUT2D eigenvalue weighted by molar-refractivity contribution is -0.385. The molecule has 0 saturated heterocycles. The first kappa shape index (κ1) is 19.0. The van der Waals surface area contributed by atoms with Crippen molar-refractivity contribution in [1.82, 2.24) is 5.32 Å². The Kier molecular flexibility index (Phi) is 4.99. The third-order valence-corrected chi connectivity index (χ3v) is 4.85. The van der Waals surface area contributed by atoms with Crippen molar-refractivity contribution >= 4 is 11.5 Å². The lowest BCUT2D eigenvalue weighted by Gasteiger charge is -2.42. The van der Waals surface area contributed by atoms with Crippen molar-refractivity contribution in [2.24, 2.45) is 0 Å². The first-order valence-electron chi connectivity index (χ1n) is 8.68. The minimum absolute atomic E-state index is 0.0171. The van der Waals surface area contributed by atoms with E-state index >= 15 is 0 Å². The Bertz CT molecular complexity index is 894. The lowest BCUT2D eigenvalue weighted by Crippen LogP contribution is -2.52. The number of fused-ring (bicyclic) bond motifs is 1. The number of carbonyl (C=O) groups excluding carboxylic acids is 1. The van der Waals surface area contributed by atoms with Crippen LogP contribution in [-0.2, 0) is 6.54 Å². The molecule has 0 unspecified atom stereocenters. The number of nitrogens with one attached hydrogen (secondary N) is 1. The number of carbonyl (C=O) groups is 1. The van der Waals surface area contributed by atoms with E-state index in [4.69, 9.17) is 4.74 Å². The van der Waals surface area contributed by atoms with Crippen LogP contribution in [0.15, 0.2) is 42.5 Å². The van der Waals surface area contributed by atoms with Gasteiger partial charge in [0, 0.05) is 29.3 Å². The highest BCUT2D eigenvalue weighted by Crippen LogP contribution is 2.40. The van der Waals surface area contributed by atoms with E-state index in [1.54, 1.807) is 50.2 Å². The van der Waals surface area contributed by atoms with Crippen molar-refractivity contribution in [3.05, 3.63) is 69.3 Å². The van der Waals surface area contributed by atoms with Crippen LogP contribution in [-0.4, -0.2) is 27.5 Å². The highest BCUT2D eigenvalue weighted by atomic mass is 16.6. The smallest absolute Gasteiger partial charge is 0.273 e. The molecule has 142 valence electrons. The highest BCUT2D eigenvalue weighted by molar-refractivity contribution is 5.94. The van der Waals surface area contributed by atoms with Gasteiger partial charge >= 0.3 is 0 Å². The van der Waals surface area contributed by atoms with Gasteiger partial charge in [-0.2, -0.15) is 0 Å². The molecule has 1 aliphatic heterocycles. The Morgan fingerprint density at radius 2 is 2.00 bits per heavy atom. The Hall–Kier alpha value is -2.77. The number of aliphatic hydroxyl groups excluding tert-OH is 1. The second kappa shape index (κ2) is 7.09. The average molecular weight is 370 g/mol. The molecule has 1 heterocycles. The van der Waals surface area contributed by atoms with Gasteiger partial charge in [-0.1, -0.05) is 18.2 Å². The summed E-state index contributed by atoms with van der Waals surface area (Å²) in [5.41, 5.74) is 0.854. The van der Waals surface area contributed by atoms with Crippen molar-refractivity contribution in [2.45, 2.75) is 45.1 Å². The van der Waals surface area contributed by atoms with Crippen molar-refractivity contribution in [3.63, 3.8) is 0 Å². The second-order valence-electron chi connectivity index (χ2n) is 7.20. The number of para-hydroxylation sites is 1. The normalized spacial score (nSPS) is 20.4. The summed E-state index contributed by atoms with van der Waals surface area (Å²) in [6.45, 7) is 5.22. The fourth-order valence-electron chi connectivity index (χ4n) is 3.30. The van der Waals surface area contributed by atoms with Crippen LogP contribution in [0.1, 0.15) is 48.3 Å². The maximum absolute atomic E-state index is 11.7. The summed E-state index contributed by atoms with van der Waals surface area (Å²) in [5, 5.41) is 25.3.